The molecule has 0 unspecified atom stereocenters. The van der Waals surface area contributed by atoms with E-state index in [1.807, 2.05) is 6.07 Å². The van der Waals surface area contributed by atoms with Crippen LogP contribution >= 0.6 is 0 Å². The van der Waals surface area contributed by atoms with E-state index in [1.165, 1.54) is 0 Å². The summed E-state index contributed by atoms with van der Waals surface area (Å²) in [7, 11) is 0. The number of hydrogen-bond acceptors (Lipinski definition) is 6. The van der Waals surface area contributed by atoms with Gasteiger partial charge in [-0.15, -0.1) is 0 Å². The van der Waals surface area contributed by atoms with Gasteiger partial charge in [-0.3, -0.25) is 4.79 Å². The van der Waals surface area contributed by atoms with E-state index in [-0.39, 0.29) is 0 Å². The second-order valence-electron chi connectivity index (χ2n) is 6.13. The van der Waals surface area contributed by atoms with Crippen molar-refractivity contribution in [3.8, 4) is 6.07 Å². The van der Waals surface area contributed by atoms with Crippen molar-refractivity contribution in [2.75, 3.05) is 17.2 Å². The number of nitrogens with zero attached hydrogens (tertiary/aromatic N) is 1. The van der Waals surface area contributed by atoms with E-state index < -0.39 is 18.5 Å². The summed E-state index contributed by atoms with van der Waals surface area (Å²) in [6.07, 6.45) is 1.88. The summed E-state index contributed by atoms with van der Waals surface area (Å²) in [5.74, 6) is -0.326. The number of para-hydroxylation sites is 1. The van der Waals surface area contributed by atoms with E-state index in [2.05, 4.69) is 16.7 Å². The van der Waals surface area contributed by atoms with Crippen LogP contribution in [-0.4, -0.2) is 18.5 Å². The molecule has 0 saturated heterocycles. The van der Waals surface area contributed by atoms with Crippen LogP contribution in [0.5, 0.6) is 0 Å². The summed E-state index contributed by atoms with van der Waals surface area (Å²) in [6.45, 7) is 0.00484. The summed E-state index contributed by atoms with van der Waals surface area (Å²) in [6, 6.07) is 19.5. The fourth-order valence-corrected chi connectivity index (χ4v) is 2.61. The van der Waals surface area contributed by atoms with E-state index >= 15 is 0 Å². The average Bonchev–Trinajstić information content (AvgIpc) is 3.26. The Kier molecular flexibility index (Phi) is 6.63. The Balaban J connectivity index is 1.53. The van der Waals surface area contributed by atoms with Crippen LogP contribution < -0.4 is 10.6 Å². The van der Waals surface area contributed by atoms with Gasteiger partial charge in [0.2, 0.25) is 0 Å². The number of rotatable bonds is 8. The van der Waals surface area contributed by atoms with Gasteiger partial charge in [0.05, 0.1) is 30.9 Å². The van der Waals surface area contributed by atoms with Crippen LogP contribution in [0.25, 0.3) is 0 Å². The van der Waals surface area contributed by atoms with E-state index in [1.54, 1.807) is 60.9 Å². The van der Waals surface area contributed by atoms with E-state index in [0.717, 1.165) is 11.3 Å². The maximum absolute atomic E-state index is 12.4. The fraction of sp³-hybridized carbons (Fsp3) is 0.136. The number of furan rings is 1. The smallest absolute Gasteiger partial charge is 0.340 e. The SMILES string of the molecule is N#CCc1ccc(NC(=O)COC(=O)c2ccccc2NCc2ccco2)cc1. The van der Waals surface area contributed by atoms with Gasteiger partial charge in [-0.05, 0) is 42.0 Å². The van der Waals surface area contributed by atoms with E-state index in [9.17, 15) is 9.59 Å². The molecule has 0 aliphatic rings. The second kappa shape index (κ2) is 9.76. The molecule has 7 nitrogen and oxygen atoms in total. The van der Waals surface area contributed by atoms with E-state index in [0.29, 0.717) is 29.9 Å². The lowest BCUT2D eigenvalue weighted by Gasteiger charge is -2.11. The number of nitrogens with one attached hydrogen (secondary N) is 2. The van der Waals surface area contributed by atoms with Gasteiger partial charge >= 0.3 is 5.97 Å². The molecule has 146 valence electrons. The monoisotopic (exact) mass is 389 g/mol. The van der Waals surface area contributed by atoms with E-state index in [4.69, 9.17) is 14.4 Å². The third-order valence-corrected chi connectivity index (χ3v) is 4.04. The third-order valence-electron chi connectivity index (χ3n) is 4.04. The van der Waals surface area contributed by atoms with Crippen molar-refractivity contribution in [2.24, 2.45) is 0 Å². The van der Waals surface area contributed by atoms with Crippen molar-refractivity contribution >= 4 is 23.3 Å². The Morgan fingerprint density at radius 2 is 1.83 bits per heavy atom. The average molecular weight is 389 g/mol. The normalized spacial score (nSPS) is 10.0. The van der Waals surface area contributed by atoms with Crippen molar-refractivity contribution in [3.63, 3.8) is 0 Å². The molecule has 7 heteroatoms. The minimum atomic E-state index is -0.605. The molecule has 1 aromatic heterocycles. The third kappa shape index (κ3) is 5.71. The van der Waals surface area contributed by atoms with Gasteiger partial charge in [0.15, 0.2) is 6.61 Å². The number of anilines is 2. The first-order valence-electron chi connectivity index (χ1n) is 8.94. The van der Waals surface area contributed by atoms with Crippen LogP contribution in [0.2, 0.25) is 0 Å². The number of nitriles is 1. The zero-order valence-electron chi connectivity index (χ0n) is 15.6. The van der Waals surface area contributed by atoms with Crippen LogP contribution in [0.3, 0.4) is 0 Å². The van der Waals surface area contributed by atoms with Gasteiger partial charge in [0.1, 0.15) is 5.76 Å². The van der Waals surface area contributed by atoms with Crippen molar-refractivity contribution in [1.82, 2.24) is 0 Å². The van der Waals surface area contributed by atoms with Crippen LogP contribution in [-0.2, 0) is 22.5 Å². The molecule has 1 heterocycles. The highest BCUT2D eigenvalue weighted by atomic mass is 16.5. The Bertz CT molecular complexity index is 1010. The molecule has 1 amide bonds. The molecule has 0 spiro atoms. The first-order chi connectivity index (χ1) is 14.2. The zero-order valence-corrected chi connectivity index (χ0v) is 15.6. The van der Waals surface area contributed by atoms with Gasteiger partial charge in [-0.25, -0.2) is 4.79 Å². The molecule has 0 radical (unpaired) electrons. The summed E-state index contributed by atoms with van der Waals surface area (Å²) < 4.78 is 10.4. The highest BCUT2D eigenvalue weighted by Gasteiger charge is 2.14. The number of amides is 1. The number of hydrogen-bond donors (Lipinski definition) is 2. The largest absolute Gasteiger partial charge is 0.467 e. The molecule has 3 aromatic rings. The number of ether oxygens (including phenoxy) is 1. The van der Waals surface area contributed by atoms with Gasteiger partial charge in [-0.1, -0.05) is 24.3 Å². The Labute approximate surface area is 167 Å². The minimum absolute atomic E-state index is 0.305. The zero-order chi connectivity index (χ0) is 20.5. The molecular weight excluding hydrogens is 370 g/mol. The van der Waals surface area contributed by atoms with Gasteiger partial charge in [0.25, 0.3) is 5.91 Å². The Hall–Kier alpha value is -4.05. The number of carbonyl (C=O) groups is 2. The summed E-state index contributed by atoms with van der Waals surface area (Å²) in [5.41, 5.74) is 2.33. The lowest BCUT2D eigenvalue weighted by Crippen LogP contribution is -2.21. The molecule has 2 N–H and O–H groups in total. The lowest BCUT2D eigenvalue weighted by molar-refractivity contribution is -0.119. The highest BCUT2D eigenvalue weighted by molar-refractivity contribution is 5.98. The van der Waals surface area contributed by atoms with Crippen molar-refractivity contribution in [3.05, 3.63) is 83.8 Å². The molecule has 0 fully saturated rings. The lowest BCUT2D eigenvalue weighted by atomic mass is 10.1. The second-order valence-corrected chi connectivity index (χ2v) is 6.13. The predicted octanol–water partition coefficient (Wildman–Crippen LogP) is 3.75. The van der Waals surface area contributed by atoms with Gasteiger partial charge < -0.3 is 19.8 Å². The molecule has 0 bridgehead atoms. The van der Waals surface area contributed by atoms with Gasteiger partial charge in [-0.2, -0.15) is 5.26 Å². The first-order valence-corrected chi connectivity index (χ1v) is 8.94. The standard InChI is InChI=1S/C22H19N3O4/c23-12-11-16-7-9-17(10-8-16)25-21(26)15-29-22(27)19-5-1-2-6-20(19)24-14-18-4-3-13-28-18/h1-10,13,24H,11,14-15H2,(H,25,26). The van der Waals surface area contributed by atoms with Crippen LogP contribution in [0, 0.1) is 11.3 Å². The minimum Gasteiger partial charge on any atom is -0.467 e. The van der Waals surface area contributed by atoms with Crippen LogP contribution in [0.15, 0.2) is 71.3 Å². The molecule has 3 rings (SSSR count). The molecule has 0 atom stereocenters. The highest BCUT2D eigenvalue weighted by Crippen LogP contribution is 2.18. The maximum Gasteiger partial charge on any atom is 0.340 e. The first kappa shape index (κ1) is 19.7. The molecule has 0 aliphatic carbocycles. The summed E-state index contributed by atoms with van der Waals surface area (Å²) in [5, 5.41) is 14.4. The Morgan fingerprint density at radius 3 is 2.55 bits per heavy atom. The summed E-state index contributed by atoms with van der Waals surface area (Å²) in [4.78, 5) is 24.5. The molecule has 0 aliphatic heterocycles. The number of benzene rings is 2. The predicted molar refractivity (Wildman–Crippen MR) is 107 cm³/mol. The maximum atomic E-state index is 12.4. The quantitative estimate of drug-likeness (QED) is 0.569. The number of esters is 1. The number of carbonyl (C=O) groups excluding carboxylic acids is 2. The fourth-order valence-electron chi connectivity index (χ4n) is 2.61. The van der Waals surface area contributed by atoms with Crippen molar-refractivity contribution < 1.29 is 18.7 Å². The molecule has 0 saturated carbocycles. The van der Waals surface area contributed by atoms with Gasteiger partial charge in [0, 0.05) is 11.4 Å². The summed E-state index contributed by atoms with van der Waals surface area (Å²) >= 11 is 0. The van der Waals surface area contributed by atoms with Crippen LogP contribution in [0.4, 0.5) is 11.4 Å². The topological polar surface area (TPSA) is 104 Å². The van der Waals surface area contributed by atoms with Crippen molar-refractivity contribution in [2.45, 2.75) is 13.0 Å². The van der Waals surface area contributed by atoms with Crippen LogP contribution in [0.1, 0.15) is 21.7 Å². The Morgan fingerprint density at radius 1 is 1.03 bits per heavy atom. The molecule has 29 heavy (non-hydrogen) atoms. The molecular formula is C22H19N3O4. The molecule has 2 aromatic carbocycles. The van der Waals surface area contributed by atoms with Crippen molar-refractivity contribution in [1.29, 1.82) is 5.26 Å².